The lowest BCUT2D eigenvalue weighted by Crippen LogP contribution is -2.44. The Labute approximate surface area is 85.2 Å². The van der Waals surface area contributed by atoms with Crippen molar-refractivity contribution in [3.63, 3.8) is 0 Å². The molecule has 1 atom stereocenters. The third-order valence-corrected chi connectivity index (χ3v) is 1.97. The molecule has 1 rings (SSSR count). The highest BCUT2D eigenvalue weighted by molar-refractivity contribution is 5.80. The number of nitrogens with zero attached hydrogens (tertiary/aromatic N) is 1. The fraction of sp³-hybridized carbons (Fsp3) is 0.625. The summed E-state index contributed by atoms with van der Waals surface area (Å²) in [6, 6.07) is 0. The molecule has 86 valence electrons. The van der Waals surface area contributed by atoms with Crippen LogP contribution in [0.4, 0.5) is 13.2 Å². The van der Waals surface area contributed by atoms with Crippen molar-refractivity contribution in [2.24, 2.45) is 16.5 Å². The SMILES string of the molecule is NC1=NC(N)(CCCC(F)(F)F)C=CN1. The van der Waals surface area contributed by atoms with Crippen LogP contribution in [-0.4, -0.2) is 17.8 Å². The van der Waals surface area contributed by atoms with Crippen LogP contribution in [0.5, 0.6) is 0 Å². The summed E-state index contributed by atoms with van der Waals surface area (Å²) in [5.41, 5.74) is 9.96. The van der Waals surface area contributed by atoms with Crippen molar-refractivity contribution in [3.05, 3.63) is 12.3 Å². The van der Waals surface area contributed by atoms with Gasteiger partial charge in [0.1, 0.15) is 5.66 Å². The summed E-state index contributed by atoms with van der Waals surface area (Å²) in [5, 5.41) is 2.59. The van der Waals surface area contributed by atoms with Crippen LogP contribution in [-0.2, 0) is 0 Å². The number of aliphatic imine (C=N–C) groups is 1. The van der Waals surface area contributed by atoms with E-state index in [0.717, 1.165) is 0 Å². The standard InChI is InChI=1S/C8H13F3N4/c9-8(10,11)3-1-2-7(13)4-5-14-6(12)15-7/h4-5H,1-3,13H2,(H3,12,14,15). The maximum absolute atomic E-state index is 11.9. The Morgan fingerprint density at radius 2 is 2.13 bits per heavy atom. The second kappa shape index (κ2) is 4.09. The molecule has 1 aliphatic rings. The van der Waals surface area contributed by atoms with Crippen molar-refractivity contribution >= 4 is 5.96 Å². The van der Waals surface area contributed by atoms with Gasteiger partial charge in [-0.25, -0.2) is 4.99 Å². The van der Waals surface area contributed by atoms with Crippen LogP contribution in [0.1, 0.15) is 19.3 Å². The minimum Gasteiger partial charge on any atom is -0.370 e. The summed E-state index contributed by atoms with van der Waals surface area (Å²) in [4.78, 5) is 3.84. The van der Waals surface area contributed by atoms with Crippen molar-refractivity contribution in [1.29, 1.82) is 0 Å². The number of rotatable bonds is 3. The molecule has 0 radical (unpaired) electrons. The quantitative estimate of drug-likeness (QED) is 0.661. The zero-order chi connectivity index (χ0) is 11.5. The molecule has 0 bridgehead atoms. The van der Waals surface area contributed by atoms with Crippen LogP contribution in [0, 0.1) is 0 Å². The third-order valence-electron chi connectivity index (χ3n) is 1.97. The van der Waals surface area contributed by atoms with E-state index in [9.17, 15) is 13.2 Å². The molecule has 7 heteroatoms. The predicted molar refractivity (Wildman–Crippen MR) is 50.7 cm³/mol. The molecule has 0 aromatic heterocycles. The Balaban J connectivity index is 2.44. The zero-order valence-corrected chi connectivity index (χ0v) is 8.01. The molecule has 5 N–H and O–H groups in total. The van der Waals surface area contributed by atoms with Gasteiger partial charge >= 0.3 is 6.18 Å². The van der Waals surface area contributed by atoms with Crippen LogP contribution >= 0.6 is 0 Å². The van der Waals surface area contributed by atoms with E-state index in [1.54, 1.807) is 0 Å². The number of hydrogen-bond donors (Lipinski definition) is 3. The number of guanidine groups is 1. The van der Waals surface area contributed by atoms with Gasteiger partial charge in [-0.05, 0) is 18.9 Å². The lowest BCUT2D eigenvalue weighted by atomic mass is 10.0. The Morgan fingerprint density at radius 1 is 1.47 bits per heavy atom. The fourth-order valence-electron chi connectivity index (χ4n) is 1.28. The van der Waals surface area contributed by atoms with E-state index < -0.39 is 18.3 Å². The number of hydrogen-bond acceptors (Lipinski definition) is 4. The number of alkyl halides is 3. The molecule has 0 saturated heterocycles. The van der Waals surface area contributed by atoms with E-state index in [1.807, 2.05) is 0 Å². The van der Waals surface area contributed by atoms with Crippen LogP contribution in [0.3, 0.4) is 0 Å². The van der Waals surface area contributed by atoms with E-state index in [4.69, 9.17) is 11.5 Å². The van der Waals surface area contributed by atoms with Crippen LogP contribution in [0.25, 0.3) is 0 Å². The summed E-state index contributed by atoms with van der Waals surface area (Å²) in [5.74, 6) is 0.118. The summed E-state index contributed by atoms with van der Waals surface area (Å²) in [7, 11) is 0. The predicted octanol–water partition coefficient (Wildman–Crippen LogP) is 0.806. The smallest absolute Gasteiger partial charge is 0.370 e. The Bertz CT molecular complexity index is 284. The highest BCUT2D eigenvalue weighted by Gasteiger charge is 2.29. The first-order valence-corrected chi connectivity index (χ1v) is 4.46. The highest BCUT2D eigenvalue weighted by atomic mass is 19.4. The summed E-state index contributed by atoms with van der Waals surface area (Å²) >= 11 is 0. The van der Waals surface area contributed by atoms with Gasteiger partial charge in [0.2, 0.25) is 0 Å². The second-order valence-corrected chi connectivity index (χ2v) is 3.43. The number of halogens is 3. The third kappa shape index (κ3) is 4.20. The van der Waals surface area contributed by atoms with E-state index in [1.165, 1.54) is 12.3 Å². The van der Waals surface area contributed by atoms with Gasteiger partial charge in [-0.3, -0.25) is 0 Å². The second-order valence-electron chi connectivity index (χ2n) is 3.43. The summed E-state index contributed by atoms with van der Waals surface area (Å²) < 4.78 is 35.6. The van der Waals surface area contributed by atoms with Crippen LogP contribution in [0.2, 0.25) is 0 Å². The molecule has 0 saturated carbocycles. The molecular formula is C8H13F3N4. The molecule has 0 aromatic rings. The molecule has 4 nitrogen and oxygen atoms in total. The normalized spacial score (nSPS) is 26.0. The first kappa shape index (κ1) is 11.8. The molecule has 0 amide bonds. The van der Waals surface area contributed by atoms with Gasteiger partial charge in [-0.15, -0.1) is 0 Å². The summed E-state index contributed by atoms with van der Waals surface area (Å²) in [6.45, 7) is 0. The lowest BCUT2D eigenvalue weighted by molar-refractivity contribution is -0.136. The first-order chi connectivity index (χ1) is 6.81. The van der Waals surface area contributed by atoms with Crippen LogP contribution in [0.15, 0.2) is 17.3 Å². The minimum absolute atomic E-state index is 0.0683. The van der Waals surface area contributed by atoms with Crippen molar-refractivity contribution in [3.8, 4) is 0 Å². The van der Waals surface area contributed by atoms with Gasteiger partial charge in [-0.2, -0.15) is 13.2 Å². The van der Waals surface area contributed by atoms with Gasteiger partial charge in [0.25, 0.3) is 0 Å². The molecule has 0 aliphatic carbocycles. The molecular weight excluding hydrogens is 209 g/mol. The van der Waals surface area contributed by atoms with Gasteiger partial charge in [0.15, 0.2) is 5.96 Å². The van der Waals surface area contributed by atoms with E-state index in [2.05, 4.69) is 10.3 Å². The van der Waals surface area contributed by atoms with Gasteiger partial charge in [0.05, 0.1) is 0 Å². The fourth-order valence-corrected chi connectivity index (χ4v) is 1.28. The van der Waals surface area contributed by atoms with Crippen molar-refractivity contribution in [2.45, 2.75) is 31.1 Å². The van der Waals surface area contributed by atoms with E-state index in [-0.39, 0.29) is 18.8 Å². The highest BCUT2D eigenvalue weighted by Crippen LogP contribution is 2.25. The van der Waals surface area contributed by atoms with E-state index in [0.29, 0.717) is 0 Å². The van der Waals surface area contributed by atoms with Crippen molar-refractivity contribution in [1.82, 2.24) is 5.32 Å². The van der Waals surface area contributed by atoms with Crippen LogP contribution < -0.4 is 16.8 Å². The van der Waals surface area contributed by atoms with Gasteiger partial charge < -0.3 is 16.8 Å². The molecule has 15 heavy (non-hydrogen) atoms. The molecule has 0 aromatic carbocycles. The van der Waals surface area contributed by atoms with Crippen molar-refractivity contribution in [2.75, 3.05) is 0 Å². The average Bonchev–Trinajstić information content (AvgIpc) is 1.99. The molecule has 0 spiro atoms. The number of nitrogens with two attached hydrogens (primary N) is 2. The Hall–Kier alpha value is -1.24. The molecule has 0 fully saturated rings. The average molecular weight is 222 g/mol. The van der Waals surface area contributed by atoms with E-state index >= 15 is 0 Å². The molecule has 1 heterocycles. The largest absolute Gasteiger partial charge is 0.389 e. The lowest BCUT2D eigenvalue weighted by Gasteiger charge is -2.25. The summed E-state index contributed by atoms with van der Waals surface area (Å²) in [6.07, 6.45) is -1.98. The maximum Gasteiger partial charge on any atom is 0.389 e. The van der Waals surface area contributed by atoms with Gasteiger partial charge in [0, 0.05) is 12.6 Å². The molecule has 1 unspecified atom stereocenters. The Kier molecular flexibility index (Phi) is 3.23. The monoisotopic (exact) mass is 222 g/mol. The van der Waals surface area contributed by atoms with Crippen molar-refractivity contribution < 1.29 is 13.2 Å². The first-order valence-electron chi connectivity index (χ1n) is 4.46. The maximum atomic E-state index is 11.9. The topological polar surface area (TPSA) is 76.4 Å². The minimum atomic E-state index is -4.15. The Morgan fingerprint density at radius 3 is 2.67 bits per heavy atom. The number of nitrogens with one attached hydrogen (secondary N) is 1. The molecule has 1 aliphatic heterocycles. The van der Waals surface area contributed by atoms with Gasteiger partial charge in [-0.1, -0.05) is 0 Å². The zero-order valence-electron chi connectivity index (χ0n) is 8.01.